The summed E-state index contributed by atoms with van der Waals surface area (Å²) in [5.41, 5.74) is 2.59. The quantitative estimate of drug-likeness (QED) is 0.471. The first-order valence-corrected chi connectivity index (χ1v) is 7.18. The minimum atomic E-state index is 0.278. The van der Waals surface area contributed by atoms with E-state index in [0.29, 0.717) is 0 Å². The second kappa shape index (κ2) is 5.85. The first-order valence-electron chi connectivity index (χ1n) is 5.02. The summed E-state index contributed by atoms with van der Waals surface area (Å²) >= 11 is 10.8. The van der Waals surface area contributed by atoms with Gasteiger partial charge < -0.3 is 0 Å². The van der Waals surface area contributed by atoms with E-state index in [2.05, 4.69) is 45.0 Å². The number of nitrogens with zero attached hydrogens (tertiary/aromatic N) is 2. The molecule has 0 aliphatic carbocycles. The molecule has 17 heavy (non-hydrogen) atoms. The highest BCUT2D eigenvalue weighted by atomic mass is 79.9. The van der Waals surface area contributed by atoms with E-state index in [-0.39, 0.29) is 5.28 Å². The van der Waals surface area contributed by atoms with Crippen molar-refractivity contribution in [3.63, 3.8) is 0 Å². The lowest BCUT2D eigenvalue weighted by molar-refractivity contribution is 1.02. The van der Waals surface area contributed by atoms with Crippen molar-refractivity contribution in [1.29, 1.82) is 0 Å². The smallest absolute Gasteiger partial charge is 0.223 e. The lowest BCUT2D eigenvalue weighted by Gasteiger charge is -2.06. The van der Waals surface area contributed by atoms with Gasteiger partial charge >= 0.3 is 0 Å². The monoisotopic (exact) mass is 328 g/mol. The number of rotatable bonds is 3. The van der Waals surface area contributed by atoms with E-state index in [1.54, 1.807) is 18.0 Å². The van der Waals surface area contributed by atoms with Crippen LogP contribution >= 0.6 is 39.3 Å². The molecule has 88 valence electrons. The summed E-state index contributed by atoms with van der Waals surface area (Å²) in [6.45, 7) is 2.11. The van der Waals surface area contributed by atoms with Crippen molar-refractivity contribution in [3.05, 3.63) is 51.3 Å². The first-order chi connectivity index (χ1) is 8.16. The Morgan fingerprint density at radius 1 is 1.35 bits per heavy atom. The maximum Gasteiger partial charge on any atom is 0.223 e. The number of benzene rings is 1. The van der Waals surface area contributed by atoms with Gasteiger partial charge in [-0.3, -0.25) is 0 Å². The summed E-state index contributed by atoms with van der Waals surface area (Å²) in [6.07, 6.45) is 1.68. The molecule has 0 spiro atoms. The summed E-state index contributed by atoms with van der Waals surface area (Å²) < 4.78 is 0.875. The Morgan fingerprint density at radius 3 is 2.88 bits per heavy atom. The van der Waals surface area contributed by atoms with Crippen molar-refractivity contribution in [2.45, 2.75) is 17.7 Å². The van der Waals surface area contributed by atoms with E-state index >= 15 is 0 Å². The zero-order valence-corrected chi connectivity index (χ0v) is 12.3. The molecular formula is C12H10BrClN2S. The van der Waals surface area contributed by atoms with E-state index in [4.69, 9.17) is 11.6 Å². The molecule has 0 amide bonds. The molecule has 1 aromatic carbocycles. The van der Waals surface area contributed by atoms with Crippen LogP contribution in [-0.4, -0.2) is 9.97 Å². The second-order valence-electron chi connectivity index (χ2n) is 3.51. The third-order valence-corrected chi connectivity index (χ3v) is 4.37. The van der Waals surface area contributed by atoms with E-state index < -0.39 is 0 Å². The molecular weight excluding hydrogens is 320 g/mol. The van der Waals surface area contributed by atoms with E-state index in [9.17, 15) is 0 Å². The Hall–Kier alpha value is -0.580. The molecule has 0 atom stereocenters. The molecule has 5 heteroatoms. The third-order valence-electron chi connectivity index (χ3n) is 2.31. The van der Waals surface area contributed by atoms with Gasteiger partial charge in [0.1, 0.15) is 5.03 Å². The maximum atomic E-state index is 5.77. The minimum absolute atomic E-state index is 0.278. The van der Waals surface area contributed by atoms with Crippen LogP contribution in [0.5, 0.6) is 0 Å². The van der Waals surface area contributed by atoms with Crippen LogP contribution in [0.2, 0.25) is 5.28 Å². The number of thioether (sulfide) groups is 1. The van der Waals surface area contributed by atoms with Crippen LogP contribution in [-0.2, 0) is 5.75 Å². The molecule has 1 aromatic heterocycles. The van der Waals surface area contributed by atoms with Gasteiger partial charge in [0.05, 0.1) is 4.47 Å². The number of aryl methyl sites for hydroxylation is 1. The van der Waals surface area contributed by atoms with E-state index in [0.717, 1.165) is 15.3 Å². The standard InChI is InChI=1S/C12H10BrClN2S/c1-8-4-2-3-5-9(8)7-17-11-10(13)6-15-12(14)16-11/h2-6H,7H2,1H3. The predicted octanol–water partition coefficient (Wildman–Crippen LogP) is 4.49. The Kier molecular flexibility index (Phi) is 4.42. The van der Waals surface area contributed by atoms with E-state index in [1.165, 1.54) is 11.1 Å². The fourth-order valence-corrected chi connectivity index (χ4v) is 3.03. The SMILES string of the molecule is Cc1ccccc1CSc1nc(Cl)ncc1Br. The van der Waals surface area contributed by atoms with Crippen LogP contribution < -0.4 is 0 Å². The third kappa shape index (κ3) is 3.44. The maximum absolute atomic E-state index is 5.77. The molecule has 0 fully saturated rings. The molecule has 0 aliphatic rings. The van der Waals surface area contributed by atoms with Gasteiger partial charge in [0, 0.05) is 11.9 Å². The van der Waals surface area contributed by atoms with Gasteiger partial charge in [0.15, 0.2) is 0 Å². The molecule has 0 saturated carbocycles. The van der Waals surface area contributed by atoms with Crippen molar-refractivity contribution >= 4 is 39.3 Å². The van der Waals surface area contributed by atoms with Gasteiger partial charge in [-0.25, -0.2) is 9.97 Å². The minimum Gasteiger partial charge on any atom is -0.225 e. The zero-order chi connectivity index (χ0) is 12.3. The van der Waals surface area contributed by atoms with Crippen LogP contribution in [0.1, 0.15) is 11.1 Å². The topological polar surface area (TPSA) is 25.8 Å². The molecule has 2 rings (SSSR count). The van der Waals surface area contributed by atoms with Gasteiger partial charge in [-0.15, -0.1) is 11.8 Å². The Balaban J connectivity index is 2.12. The molecule has 0 aliphatic heterocycles. The highest BCUT2D eigenvalue weighted by Gasteiger charge is 2.06. The van der Waals surface area contributed by atoms with Crippen molar-refractivity contribution in [3.8, 4) is 0 Å². The summed E-state index contributed by atoms with van der Waals surface area (Å²) in [5, 5.41) is 1.15. The highest BCUT2D eigenvalue weighted by Crippen LogP contribution is 2.29. The summed E-state index contributed by atoms with van der Waals surface area (Å²) in [7, 11) is 0. The van der Waals surface area contributed by atoms with Gasteiger partial charge in [-0.1, -0.05) is 24.3 Å². The highest BCUT2D eigenvalue weighted by molar-refractivity contribution is 9.10. The summed E-state index contributed by atoms with van der Waals surface area (Å²) in [5.74, 6) is 0.874. The Labute approximate surface area is 118 Å². The largest absolute Gasteiger partial charge is 0.225 e. The summed E-state index contributed by atoms with van der Waals surface area (Å²) in [6, 6.07) is 8.32. The number of aromatic nitrogens is 2. The van der Waals surface area contributed by atoms with Crippen LogP contribution in [0.3, 0.4) is 0 Å². The molecule has 0 N–H and O–H groups in total. The molecule has 1 heterocycles. The Morgan fingerprint density at radius 2 is 2.12 bits per heavy atom. The molecule has 0 saturated heterocycles. The molecule has 0 bridgehead atoms. The van der Waals surface area contributed by atoms with Gasteiger partial charge in [-0.05, 0) is 45.6 Å². The van der Waals surface area contributed by atoms with Crippen molar-refractivity contribution in [2.75, 3.05) is 0 Å². The molecule has 0 unspecified atom stereocenters. The fraction of sp³-hybridized carbons (Fsp3) is 0.167. The van der Waals surface area contributed by atoms with Gasteiger partial charge in [0.25, 0.3) is 0 Å². The van der Waals surface area contributed by atoms with E-state index in [1.807, 2.05) is 12.1 Å². The fourth-order valence-electron chi connectivity index (χ4n) is 1.35. The van der Waals surface area contributed by atoms with Crippen LogP contribution in [0, 0.1) is 6.92 Å². The second-order valence-corrected chi connectivity index (χ2v) is 5.66. The zero-order valence-electron chi connectivity index (χ0n) is 9.15. The first kappa shape index (κ1) is 12.9. The van der Waals surface area contributed by atoms with Crippen molar-refractivity contribution in [2.24, 2.45) is 0 Å². The van der Waals surface area contributed by atoms with Crippen LogP contribution in [0.15, 0.2) is 40.0 Å². The average molecular weight is 330 g/mol. The molecule has 2 aromatic rings. The van der Waals surface area contributed by atoms with Crippen LogP contribution in [0.25, 0.3) is 0 Å². The average Bonchev–Trinajstić information content (AvgIpc) is 2.32. The predicted molar refractivity (Wildman–Crippen MR) is 75.5 cm³/mol. The number of hydrogen-bond donors (Lipinski definition) is 0. The van der Waals surface area contributed by atoms with Crippen LogP contribution in [0.4, 0.5) is 0 Å². The lowest BCUT2D eigenvalue weighted by Crippen LogP contribution is -1.89. The Bertz CT molecular complexity index is 534. The summed E-state index contributed by atoms with van der Waals surface area (Å²) in [4.78, 5) is 8.09. The number of halogens is 2. The van der Waals surface area contributed by atoms with Crippen molar-refractivity contribution < 1.29 is 0 Å². The molecule has 2 nitrogen and oxygen atoms in total. The van der Waals surface area contributed by atoms with Gasteiger partial charge in [0.2, 0.25) is 5.28 Å². The lowest BCUT2D eigenvalue weighted by atomic mass is 10.1. The van der Waals surface area contributed by atoms with Crippen molar-refractivity contribution in [1.82, 2.24) is 9.97 Å². The number of hydrogen-bond acceptors (Lipinski definition) is 3. The normalized spacial score (nSPS) is 10.5. The molecule has 0 radical (unpaired) electrons. The van der Waals surface area contributed by atoms with Gasteiger partial charge in [-0.2, -0.15) is 0 Å².